The molecule has 0 aliphatic heterocycles. The Balaban J connectivity index is 2.65. The standard InChI is InChI=1S/C16H23N3O4/c1-16(2,3)13(17)15(22)19-11-7-5-10(6-8-11)14(21)18-9-12(20)23-4/h5-8,13H,9,17H2,1-4H3,(H,18,21)(H,19,22)/t13-/m1/s1. The summed E-state index contributed by atoms with van der Waals surface area (Å²) in [5.41, 5.74) is 6.44. The number of carbonyl (C=O) groups excluding carboxylic acids is 3. The number of rotatable bonds is 5. The maximum Gasteiger partial charge on any atom is 0.325 e. The second-order valence-corrected chi connectivity index (χ2v) is 6.17. The molecule has 0 aliphatic carbocycles. The van der Waals surface area contributed by atoms with Crippen LogP contribution in [0, 0.1) is 5.41 Å². The minimum Gasteiger partial charge on any atom is -0.468 e. The fourth-order valence-corrected chi connectivity index (χ4v) is 1.64. The van der Waals surface area contributed by atoms with Gasteiger partial charge in [0.15, 0.2) is 0 Å². The van der Waals surface area contributed by atoms with E-state index in [0.717, 1.165) is 0 Å². The molecular weight excluding hydrogens is 298 g/mol. The van der Waals surface area contributed by atoms with Gasteiger partial charge in [0.2, 0.25) is 5.91 Å². The molecule has 0 spiro atoms. The van der Waals surface area contributed by atoms with Gasteiger partial charge in [0.25, 0.3) is 5.91 Å². The zero-order valence-electron chi connectivity index (χ0n) is 13.8. The first-order valence-electron chi connectivity index (χ1n) is 7.16. The molecule has 1 aromatic rings. The predicted octanol–water partition coefficient (Wildman–Crippen LogP) is 0.901. The van der Waals surface area contributed by atoms with Crippen molar-refractivity contribution >= 4 is 23.5 Å². The fraction of sp³-hybridized carbons (Fsp3) is 0.438. The van der Waals surface area contributed by atoms with Gasteiger partial charge >= 0.3 is 5.97 Å². The summed E-state index contributed by atoms with van der Waals surface area (Å²) in [4.78, 5) is 34.8. The number of ether oxygens (including phenoxy) is 1. The summed E-state index contributed by atoms with van der Waals surface area (Å²) >= 11 is 0. The highest BCUT2D eigenvalue weighted by Gasteiger charge is 2.27. The van der Waals surface area contributed by atoms with Gasteiger partial charge in [-0.15, -0.1) is 0 Å². The van der Waals surface area contributed by atoms with E-state index >= 15 is 0 Å². The van der Waals surface area contributed by atoms with Crippen LogP contribution in [0.25, 0.3) is 0 Å². The molecule has 2 amide bonds. The van der Waals surface area contributed by atoms with Crippen LogP contribution >= 0.6 is 0 Å². The van der Waals surface area contributed by atoms with Crippen molar-refractivity contribution in [2.24, 2.45) is 11.1 Å². The Kier molecular flexibility index (Phi) is 6.27. The van der Waals surface area contributed by atoms with E-state index < -0.39 is 17.9 Å². The van der Waals surface area contributed by atoms with Crippen molar-refractivity contribution in [2.45, 2.75) is 26.8 Å². The number of methoxy groups -OCH3 is 1. The summed E-state index contributed by atoms with van der Waals surface area (Å²) < 4.78 is 4.44. The maximum atomic E-state index is 12.0. The molecule has 1 rings (SSSR count). The summed E-state index contributed by atoms with van der Waals surface area (Å²) in [5.74, 6) is -1.22. The van der Waals surface area contributed by atoms with Gasteiger partial charge in [-0.25, -0.2) is 0 Å². The van der Waals surface area contributed by atoms with Gasteiger partial charge in [-0.1, -0.05) is 20.8 Å². The maximum absolute atomic E-state index is 12.0. The average Bonchev–Trinajstić information content (AvgIpc) is 2.51. The van der Waals surface area contributed by atoms with Crippen LogP contribution in [-0.2, 0) is 14.3 Å². The number of benzene rings is 1. The van der Waals surface area contributed by atoms with Crippen LogP contribution in [0.3, 0.4) is 0 Å². The van der Waals surface area contributed by atoms with E-state index in [0.29, 0.717) is 11.3 Å². The molecule has 0 aromatic heterocycles. The van der Waals surface area contributed by atoms with Crippen LogP contribution in [0.2, 0.25) is 0 Å². The monoisotopic (exact) mass is 321 g/mol. The van der Waals surface area contributed by atoms with E-state index in [4.69, 9.17) is 5.73 Å². The van der Waals surface area contributed by atoms with Gasteiger partial charge in [-0.05, 0) is 29.7 Å². The number of amides is 2. The highest BCUT2D eigenvalue weighted by molar-refractivity contribution is 5.98. The molecule has 7 heteroatoms. The lowest BCUT2D eigenvalue weighted by molar-refractivity contribution is -0.139. The zero-order chi connectivity index (χ0) is 17.6. The normalized spacial score (nSPS) is 12.2. The zero-order valence-corrected chi connectivity index (χ0v) is 13.8. The van der Waals surface area contributed by atoms with Gasteiger partial charge in [0, 0.05) is 11.3 Å². The van der Waals surface area contributed by atoms with Gasteiger partial charge in [-0.2, -0.15) is 0 Å². The Bertz CT molecular complexity index is 576. The molecule has 0 unspecified atom stereocenters. The molecule has 7 nitrogen and oxygen atoms in total. The molecule has 1 atom stereocenters. The van der Waals surface area contributed by atoms with Crippen molar-refractivity contribution in [2.75, 3.05) is 19.0 Å². The summed E-state index contributed by atoms with van der Waals surface area (Å²) in [6.07, 6.45) is 0. The number of hydrogen-bond acceptors (Lipinski definition) is 5. The number of hydrogen-bond donors (Lipinski definition) is 3. The van der Waals surface area contributed by atoms with Crippen molar-refractivity contribution in [1.82, 2.24) is 5.32 Å². The summed E-state index contributed by atoms with van der Waals surface area (Å²) in [6.45, 7) is 5.44. The number of carbonyl (C=O) groups is 3. The number of nitrogens with one attached hydrogen (secondary N) is 2. The first-order valence-corrected chi connectivity index (χ1v) is 7.16. The van der Waals surface area contributed by atoms with E-state index in [1.165, 1.54) is 7.11 Å². The van der Waals surface area contributed by atoms with Crippen LogP contribution in [0.1, 0.15) is 31.1 Å². The highest BCUT2D eigenvalue weighted by Crippen LogP contribution is 2.19. The van der Waals surface area contributed by atoms with E-state index in [-0.39, 0.29) is 17.9 Å². The second kappa shape index (κ2) is 7.73. The first-order chi connectivity index (χ1) is 10.6. The largest absolute Gasteiger partial charge is 0.468 e. The van der Waals surface area contributed by atoms with Crippen molar-refractivity contribution in [1.29, 1.82) is 0 Å². The summed E-state index contributed by atoms with van der Waals surface area (Å²) in [6, 6.07) is 5.64. The Hall–Kier alpha value is -2.41. The smallest absolute Gasteiger partial charge is 0.325 e. The molecule has 1 aromatic carbocycles. The lowest BCUT2D eigenvalue weighted by Gasteiger charge is -2.25. The molecule has 0 heterocycles. The van der Waals surface area contributed by atoms with E-state index in [1.807, 2.05) is 20.8 Å². The van der Waals surface area contributed by atoms with Gasteiger partial charge in [0.05, 0.1) is 13.2 Å². The topological polar surface area (TPSA) is 111 Å². The van der Waals surface area contributed by atoms with Crippen molar-refractivity contribution < 1.29 is 19.1 Å². The van der Waals surface area contributed by atoms with Gasteiger partial charge in [-0.3, -0.25) is 14.4 Å². The lowest BCUT2D eigenvalue weighted by atomic mass is 9.87. The van der Waals surface area contributed by atoms with Crippen molar-refractivity contribution in [3.63, 3.8) is 0 Å². The third-order valence-electron chi connectivity index (χ3n) is 3.25. The molecule has 0 fully saturated rings. The van der Waals surface area contributed by atoms with Gasteiger partial charge < -0.3 is 21.1 Å². The number of nitrogens with two attached hydrogens (primary N) is 1. The SMILES string of the molecule is COC(=O)CNC(=O)c1ccc(NC(=O)[C@@H](N)C(C)(C)C)cc1. The lowest BCUT2D eigenvalue weighted by Crippen LogP contribution is -2.45. The molecule has 0 saturated heterocycles. The van der Waals surface area contributed by atoms with E-state index in [9.17, 15) is 14.4 Å². The first kappa shape index (κ1) is 18.6. The van der Waals surface area contributed by atoms with Crippen molar-refractivity contribution in [3.8, 4) is 0 Å². The van der Waals surface area contributed by atoms with Crippen LogP contribution in [0.15, 0.2) is 24.3 Å². The summed E-state index contributed by atoms with van der Waals surface area (Å²) in [5, 5.41) is 5.13. The molecule has 0 radical (unpaired) electrons. The van der Waals surface area contributed by atoms with Crippen LogP contribution < -0.4 is 16.4 Å². The van der Waals surface area contributed by atoms with Crippen molar-refractivity contribution in [3.05, 3.63) is 29.8 Å². The molecular formula is C16H23N3O4. The Morgan fingerprint density at radius 3 is 2.22 bits per heavy atom. The van der Waals surface area contributed by atoms with Gasteiger partial charge in [0.1, 0.15) is 6.54 Å². The quantitative estimate of drug-likeness (QED) is 0.698. The third kappa shape index (κ3) is 5.71. The van der Waals surface area contributed by atoms with E-state index in [2.05, 4.69) is 15.4 Å². The third-order valence-corrected chi connectivity index (χ3v) is 3.25. The molecule has 0 bridgehead atoms. The highest BCUT2D eigenvalue weighted by atomic mass is 16.5. The average molecular weight is 321 g/mol. The minimum absolute atomic E-state index is 0.200. The Morgan fingerprint density at radius 1 is 1.17 bits per heavy atom. The Labute approximate surface area is 135 Å². The number of esters is 1. The number of anilines is 1. The van der Waals surface area contributed by atoms with Crippen LogP contribution in [0.5, 0.6) is 0 Å². The summed E-state index contributed by atoms with van der Waals surface area (Å²) in [7, 11) is 1.24. The minimum atomic E-state index is -0.648. The Morgan fingerprint density at radius 2 is 1.74 bits per heavy atom. The molecule has 0 saturated carbocycles. The molecule has 0 aliphatic rings. The predicted molar refractivity (Wildman–Crippen MR) is 86.9 cm³/mol. The second-order valence-electron chi connectivity index (χ2n) is 6.17. The molecule has 126 valence electrons. The molecule has 4 N–H and O–H groups in total. The molecule has 23 heavy (non-hydrogen) atoms. The van der Waals surface area contributed by atoms with Crippen LogP contribution in [0.4, 0.5) is 5.69 Å². The van der Waals surface area contributed by atoms with Crippen LogP contribution in [-0.4, -0.2) is 37.5 Å². The fourth-order valence-electron chi connectivity index (χ4n) is 1.64. The van der Waals surface area contributed by atoms with E-state index in [1.54, 1.807) is 24.3 Å².